The van der Waals surface area contributed by atoms with Gasteiger partial charge < -0.3 is 13.5 Å². The molecule has 4 rings (SSSR count). The predicted octanol–water partition coefficient (Wildman–Crippen LogP) is 2.86. The first-order valence-corrected chi connectivity index (χ1v) is 11.5. The number of nitrogens with zero attached hydrogens (tertiary/aromatic N) is 5. The summed E-state index contributed by atoms with van der Waals surface area (Å²) in [5.74, 6) is 2.19. The summed E-state index contributed by atoms with van der Waals surface area (Å²) >= 11 is 1.42. The third-order valence-corrected chi connectivity index (χ3v) is 7.30. The Morgan fingerprint density at radius 3 is 3.00 bits per heavy atom. The molecule has 1 aliphatic heterocycles. The molecule has 148 valence electrons. The smallest absolute Gasteiger partial charge is 0.240 e. The summed E-state index contributed by atoms with van der Waals surface area (Å²) in [7, 11) is -3.01. The van der Waals surface area contributed by atoms with E-state index in [1.54, 1.807) is 24.5 Å². The maximum absolute atomic E-state index is 11.8. The average Bonchev–Trinajstić information content (AvgIpc) is 3.41. The Balaban J connectivity index is 1.55. The molecule has 0 N–H and O–H groups in total. The van der Waals surface area contributed by atoms with Crippen LogP contribution in [0.5, 0.6) is 0 Å². The van der Waals surface area contributed by atoms with Gasteiger partial charge in [-0.15, -0.1) is 16.8 Å². The quantitative estimate of drug-likeness (QED) is 0.419. The van der Waals surface area contributed by atoms with E-state index >= 15 is 0 Å². The first kappa shape index (κ1) is 18.9. The number of thioether (sulfide) groups is 1. The molecule has 3 aromatic rings. The van der Waals surface area contributed by atoms with Crippen molar-refractivity contribution < 1.29 is 17.4 Å². The summed E-state index contributed by atoms with van der Waals surface area (Å²) in [6.45, 7) is 6.21. The van der Waals surface area contributed by atoms with Gasteiger partial charge in [0.25, 0.3) is 0 Å². The van der Waals surface area contributed by atoms with E-state index in [2.05, 4.69) is 26.9 Å². The number of hydrogen-bond acceptors (Lipinski definition) is 9. The van der Waals surface area contributed by atoms with Crippen molar-refractivity contribution in [3.63, 3.8) is 0 Å². The maximum atomic E-state index is 11.8. The van der Waals surface area contributed by atoms with Crippen LogP contribution in [0.25, 0.3) is 11.6 Å². The van der Waals surface area contributed by atoms with Crippen molar-refractivity contribution >= 4 is 21.6 Å². The summed E-state index contributed by atoms with van der Waals surface area (Å²) in [5.41, 5.74) is 0. The molecule has 0 unspecified atom stereocenters. The van der Waals surface area contributed by atoms with Crippen molar-refractivity contribution in [2.24, 2.45) is 0 Å². The van der Waals surface area contributed by atoms with Gasteiger partial charge in [-0.1, -0.05) is 23.0 Å². The van der Waals surface area contributed by atoms with Crippen molar-refractivity contribution in [1.82, 2.24) is 24.9 Å². The van der Waals surface area contributed by atoms with Crippen LogP contribution in [0.1, 0.15) is 36.2 Å². The Bertz CT molecular complexity index is 1070. The number of sulfone groups is 1. The van der Waals surface area contributed by atoms with Crippen molar-refractivity contribution in [1.29, 1.82) is 0 Å². The van der Waals surface area contributed by atoms with Gasteiger partial charge >= 0.3 is 0 Å². The monoisotopic (exact) mass is 421 g/mol. The molecule has 0 saturated carbocycles. The molecule has 9 nitrogen and oxygen atoms in total. The van der Waals surface area contributed by atoms with E-state index in [0.29, 0.717) is 41.4 Å². The van der Waals surface area contributed by atoms with Gasteiger partial charge in [-0.25, -0.2) is 8.42 Å². The summed E-state index contributed by atoms with van der Waals surface area (Å²) in [5, 5.41) is 13.0. The van der Waals surface area contributed by atoms with Gasteiger partial charge in [0.05, 0.1) is 23.0 Å². The first-order valence-electron chi connectivity index (χ1n) is 8.75. The average molecular weight is 422 g/mol. The molecule has 0 aromatic carbocycles. The van der Waals surface area contributed by atoms with Crippen LogP contribution >= 0.6 is 11.8 Å². The number of allylic oxidation sites excluding steroid dienone is 1. The van der Waals surface area contributed by atoms with E-state index in [0.717, 1.165) is 0 Å². The van der Waals surface area contributed by atoms with Gasteiger partial charge in [-0.2, -0.15) is 4.98 Å². The lowest BCUT2D eigenvalue weighted by molar-refractivity contribution is 0.379. The third-order valence-electron chi connectivity index (χ3n) is 4.47. The van der Waals surface area contributed by atoms with Crippen LogP contribution in [-0.2, 0) is 16.4 Å². The molecule has 0 radical (unpaired) electrons. The lowest BCUT2D eigenvalue weighted by Crippen LogP contribution is -2.11. The lowest BCUT2D eigenvalue weighted by atomic mass is 10.1. The van der Waals surface area contributed by atoms with E-state index in [4.69, 9.17) is 8.94 Å². The molecule has 1 fully saturated rings. The fourth-order valence-electron chi connectivity index (χ4n) is 3.10. The Morgan fingerprint density at radius 2 is 2.32 bits per heavy atom. The second-order valence-corrected chi connectivity index (χ2v) is 10.1. The SMILES string of the molecule is C=CCn1c(S[C@@H](C)c2nc(-c3ccco3)no2)nnc1[C@@H]1CCS(=O)(=O)C1. The van der Waals surface area contributed by atoms with E-state index < -0.39 is 9.84 Å². The second kappa shape index (κ2) is 7.55. The minimum absolute atomic E-state index is 0.110. The van der Waals surface area contributed by atoms with Gasteiger partial charge in [0.15, 0.2) is 20.8 Å². The Hall–Kier alpha value is -2.40. The standard InChI is InChI=1S/C17H19N5O4S2/c1-3-7-22-15(12-6-9-28(23,24)10-12)19-20-17(22)27-11(2)16-18-14(21-26-16)13-5-4-8-25-13/h3-5,8,11-12H,1,6-7,9-10H2,2H3/t11-,12+/m0/s1. The number of rotatable bonds is 7. The minimum Gasteiger partial charge on any atom is -0.461 e. The van der Waals surface area contributed by atoms with Crippen molar-refractivity contribution in [3.8, 4) is 11.6 Å². The molecule has 0 amide bonds. The second-order valence-electron chi connectivity index (χ2n) is 6.53. The molecule has 3 aromatic heterocycles. The highest BCUT2D eigenvalue weighted by Crippen LogP contribution is 2.36. The zero-order valence-corrected chi connectivity index (χ0v) is 16.8. The maximum Gasteiger partial charge on any atom is 0.240 e. The number of aromatic nitrogens is 5. The Labute approximate surface area is 166 Å². The van der Waals surface area contributed by atoms with Gasteiger partial charge in [0, 0.05) is 12.5 Å². The van der Waals surface area contributed by atoms with E-state index in [9.17, 15) is 8.42 Å². The minimum atomic E-state index is -3.01. The van der Waals surface area contributed by atoms with Crippen LogP contribution in [0.2, 0.25) is 0 Å². The van der Waals surface area contributed by atoms with E-state index in [-0.39, 0.29) is 22.7 Å². The van der Waals surface area contributed by atoms with Crippen molar-refractivity contribution in [3.05, 3.63) is 42.8 Å². The first-order chi connectivity index (χ1) is 13.5. The molecule has 0 aliphatic carbocycles. The summed E-state index contributed by atoms with van der Waals surface area (Å²) in [4.78, 5) is 4.38. The molecule has 2 atom stereocenters. The van der Waals surface area contributed by atoms with Gasteiger partial charge in [-0.05, 0) is 25.5 Å². The summed E-state index contributed by atoms with van der Waals surface area (Å²) in [6.07, 6.45) is 3.85. The van der Waals surface area contributed by atoms with Crippen LogP contribution in [0, 0.1) is 0 Å². The Kier molecular flexibility index (Phi) is 5.11. The summed E-state index contributed by atoms with van der Waals surface area (Å²) < 4.78 is 36.2. The third kappa shape index (κ3) is 3.76. The molecule has 0 spiro atoms. The highest BCUT2D eigenvalue weighted by molar-refractivity contribution is 7.99. The molecule has 1 aliphatic rings. The van der Waals surface area contributed by atoms with Crippen LogP contribution in [0.3, 0.4) is 0 Å². The van der Waals surface area contributed by atoms with Crippen molar-refractivity contribution in [2.75, 3.05) is 11.5 Å². The highest BCUT2D eigenvalue weighted by atomic mass is 32.2. The fourth-order valence-corrected chi connectivity index (χ4v) is 5.74. The van der Waals surface area contributed by atoms with Crippen LogP contribution in [-0.4, -0.2) is 44.8 Å². The van der Waals surface area contributed by atoms with E-state index in [1.165, 1.54) is 11.8 Å². The normalized spacial score (nSPS) is 19.7. The molecule has 4 heterocycles. The van der Waals surface area contributed by atoms with E-state index in [1.807, 2.05) is 11.5 Å². The fraction of sp³-hybridized carbons (Fsp3) is 0.412. The van der Waals surface area contributed by atoms with Crippen LogP contribution in [0.15, 0.2) is 45.1 Å². The Morgan fingerprint density at radius 1 is 1.46 bits per heavy atom. The molecule has 1 saturated heterocycles. The molecule has 0 bridgehead atoms. The van der Waals surface area contributed by atoms with Gasteiger partial charge in [0.2, 0.25) is 11.7 Å². The molecule has 28 heavy (non-hydrogen) atoms. The number of furan rings is 1. The van der Waals surface area contributed by atoms with Gasteiger partial charge in [-0.3, -0.25) is 0 Å². The largest absolute Gasteiger partial charge is 0.461 e. The molecule has 11 heteroatoms. The van der Waals surface area contributed by atoms with Gasteiger partial charge in [0.1, 0.15) is 5.82 Å². The zero-order valence-electron chi connectivity index (χ0n) is 15.2. The molecular formula is C17H19N5O4S2. The number of hydrogen-bond donors (Lipinski definition) is 0. The lowest BCUT2D eigenvalue weighted by Gasteiger charge is -2.12. The predicted molar refractivity (Wildman–Crippen MR) is 103 cm³/mol. The molecular weight excluding hydrogens is 402 g/mol. The van der Waals surface area contributed by atoms with Crippen LogP contribution < -0.4 is 0 Å². The summed E-state index contributed by atoms with van der Waals surface area (Å²) in [6, 6.07) is 3.52. The van der Waals surface area contributed by atoms with Crippen molar-refractivity contribution in [2.45, 2.75) is 36.2 Å². The highest BCUT2D eigenvalue weighted by Gasteiger charge is 2.33. The zero-order chi connectivity index (χ0) is 19.7. The topological polar surface area (TPSA) is 117 Å². The van der Waals surface area contributed by atoms with Crippen LogP contribution in [0.4, 0.5) is 0 Å².